The Morgan fingerprint density at radius 2 is 2.04 bits per heavy atom. The molecule has 2 atom stereocenters. The van der Waals surface area contributed by atoms with E-state index in [1.807, 2.05) is 27.0 Å². The zero-order valence-electron chi connectivity index (χ0n) is 15.0. The summed E-state index contributed by atoms with van der Waals surface area (Å²) in [4.78, 5) is 27.2. The molecular weight excluding hydrogens is 395 g/mol. The fraction of sp³-hybridized carbons (Fsp3) is 0.556. The predicted molar refractivity (Wildman–Crippen MR) is 91.0 cm³/mol. The third kappa shape index (κ3) is 4.07. The van der Waals surface area contributed by atoms with Crippen molar-refractivity contribution < 1.29 is 47.0 Å². The maximum atomic E-state index is 12.1. The number of benzene rings is 1. The molecule has 2 N–H and O–H groups in total. The summed E-state index contributed by atoms with van der Waals surface area (Å²) in [6.07, 6.45) is 0.818. The first-order chi connectivity index (χ1) is 11.4. The Hall–Kier alpha value is -0.976. The Morgan fingerprint density at radius 1 is 1.32 bits per heavy atom. The molecule has 7 heteroatoms. The van der Waals surface area contributed by atoms with Crippen LogP contribution < -0.4 is 10.6 Å². The van der Waals surface area contributed by atoms with Crippen molar-refractivity contribution in [3.05, 3.63) is 28.8 Å². The van der Waals surface area contributed by atoms with E-state index in [2.05, 4.69) is 6.07 Å². The first-order valence-electron chi connectivity index (χ1n) is 8.36. The van der Waals surface area contributed by atoms with Crippen molar-refractivity contribution in [1.29, 1.82) is 0 Å². The van der Waals surface area contributed by atoms with Crippen LogP contribution in [0.25, 0.3) is 0 Å². The van der Waals surface area contributed by atoms with Crippen LogP contribution in [0, 0.1) is 19.9 Å². The summed E-state index contributed by atoms with van der Waals surface area (Å²) in [6, 6.07) is 5.49. The number of ether oxygens (including phenoxy) is 1. The number of likely N-dealkylation sites (N-methyl/N-ethyl adjacent to an activating group) is 1. The van der Waals surface area contributed by atoms with Crippen molar-refractivity contribution in [3.63, 3.8) is 0 Å². The van der Waals surface area contributed by atoms with E-state index in [1.165, 1.54) is 0 Å². The number of anilines is 1. The molecule has 0 saturated carbocycles. The molecule has 2 unspecified atom stereocenters. The molecule has 2 aliphatic heterocycles. The van der Waals surface area contributed by atoms with Crippen molar-refractivity contribution >= 4 is 17.7 Å². The fourth-order valence-corrected chi connectivity index (χ4v) is 3.55. The molecule has 1 aromatic rings. The van der Waals surface area contributed by atoms with Gasteiger partial charge in [0.1, 0.15) is 6.10 Å². The van der Waals surface area contributed by atoms with E-state index in [-0.39, 0.29) is 50.8 Å². The summed E-state index contributed by atoms with van der Waals surface area (Å²) in [5, 5.41) is 0. The average Bonchev–Trinajstić information content (AvgIpc) is 2.93. The summed E-state index contributed by atoms with van der Waals surface area (Å²) >= 11 is 0. The second kappa shape index (κ2) is 8.15. The molecule has 2 aliphatic rings. The van der Waals surface area contributed by atoms with Gasteiger partial charge in [-0.25, -0.2) is 4.79 Å². The smallest absolute Gasteiger partial charge is 0.443 e. The number of hydrogen-bond acceptors (Lipinski definition) is 4. The SMILES string of the molecule is Cc1[c-]c(C2CCC(=O)N(C)C2)c(C)cc1N1CC(CN)OC1=O.[Y+3]. The number of amides is 2. The van der Waals surface area contributed by atoms with Gasteiger partial charge in [0, 0.05) is 26.6 Å². The molecule has 0 aromatic heterocycles. The molecule has 2 fully saturated rings. The van der Waals surface area contributed by atoms with Crippen molar-refractivity contribution in [2.75, 3.05) is 31.6 Å². The van der Waals surface area contributed by atoms with E-state index in [4.69, 9.17) is 10.5 Å². The number of carbonyl (C=O) groups excluding carboxylic acids is 2. The predicted octanol–water partition coefficient (Wildman–Crippen LogP) is 1.72. The zero-order valence-corrected chi connectivity index (χ0v) is 17.9. The van der Waals surface area contributed by atoms with Crippen LogP contribution in [-0.4, -0.2) is 49.7 Å². The van der Waals surface area contributed by atoms with E-state index in [0.29, 0.717) is 25.4 Å². The Bertz CT molecular complexity index is 680. The molecule has 0 aliphatic carbocycles. The molecule has 2 saturated heterocycles. The van der Waals surface area contributed by atoms with Gasteiger partial charge in [-0.05, 0) is 12.3 Å². The largest absolute Gasteiger partial charge is 3.00 e. The summed E-state index contributed by atoms with van der Waals surface area (Å²) in [5.74, 6) is 0.493. The van der Waals surface area contributed by atoms with Gasteiger partial charge < -0.3 is 20.3 Å². The van der Waals surface area contributed by atoms with Crippen LogP contribution in [0.2, 0.25) is 0 Å². The minimum Gasteiger partial charge on any atom is -0.443 e. The molecule has 0 spiro atoms. The minimum absolute atomic E-state index is 0. The van der Waals surface area contributed by atoms with Gasteiger partial charge in [0.2, 0.25) is 5.91 Å². The first kappa shape index (κ1) is 20.3. The Labute approximate surface area is 173 Å². The van der Waals surface area contributed by atoms with E-state index < -0.39 is 0 Å². The maximum absolute atomic E-state index is 12.1. The van der Waals surface area contributed by atoms with Gasteiger partial charge >= 0.3 is 38.8 Å². The van der Waals surface area contributed by atoms with Gasteiger partial charge in [0.15, 0.2) is 0 Å². The van der Waals surface area contributed by atoms with Gasteiger partial charge in [-0.15, -0.1) is 11.6 Å². The summed E-state index contributed by atoms with van der Waals surface area (Å²) < 4.78 is 5.25. The monoisotopic (exact) mass is 419 g/mol. The molecule has 3 rings (SSSR count). The maximum Gasteiger partial charge on any atom is 3.00 e. The molecule has 0 radical (unpaired) electrons. The second-order valence-corrected chi connectivity index (χ2v) is 6.74. The Morgan fingerprint density at radius 3 is 2.64 bits per heavy atom. The molecule has 1 aromatic carbocycles. The molecule has 2 heterocycles. The summed E-state index contributed by atoms with van der Waals surface area (Å²) in [7, 11) is 1.85. The third-order valence-corrected chi connectivity index (χ3v) is 4.95. The normalized spacial score (nSPS) is 23.5. The van der Waals surface area contributed by atoms with Crippen LogP contribution in [-0.2, 0) is 42.2 Å². The Kier molecular flexibility index (Phi) is 6.63. The Balaban J connectivity index is 0.00000225. The van der Waals surface area contributed by atoms with Crippen LogP contribution in [0.15, 0.2) is 6.07 Å². The standard InChI is InChI=1S/C18H24N3O3.Y/c1-11-7-16(21-10-14(8-19)24-18(21)23)12(2)6-15(11)13-4-5-17(22)20(3)9-13;/h7,13-14H,4-5,8-10,19H2,1-3H3;/q-1;+3. The van der Waals surface area contributed by atoms with Gasteiger partial charge in [-0.2, -0.15) is 17.2 Å². The minimum atomic E-state index is -0.350. The van der Waals surface area contributed by atoms with Crippen LogP contribution in [0.5, 0.6) is 0 Å². The van der Waals surface area contributed by atoms with Crippen molar-refractivity contribution in [1.82, 2.24) is 4.90 Å². The number of aryl methyl sites for hydroxylation is 2. The van der Waals surface area contributed by atoms with Crippen LogP contribution in [0.4, 0.5) is 10.5 Å². The van der Waals surface area contributed by atoms with Gasteiger partial charge in [-0.3, -0.25) is 4.79 Å². The topological polar surface area (TPSA) is 75.9 Å². The van der Waals surface area contributed by atoms with E-state index in [9.17, 15) is 9.59 Å². The molecular formula is C18H24N3O3Y+2. The van der Waals surface area contributed by atoms with Gasteiger partial charge in [-0.1, -0.05) is 19.5 Å². The fourth-order valence-electron chi connectivity index (χ4n) is 3.55. The van der Waals surface area contributed by atoms with E-state index in [0.717, 1.165) is 35.3 Å². The van der Waals surface area contributed by atoms with E-state index >= 15 is 0 Å². The van der Waals surface area contributed by atoms with Gasteiger partial charge in [0.05, 0.1) is 6.54 Å². The number of likely N-dealkylation sites (tertiary alicyclic amines) is 1. The number of hydrogen-bond donors (Lipinski definition) is 1. The number of nitrogens with zero attached hydrogens (tertiary/aromatic N) is 2. The molecule has 0 bridgehead atoms. The van der Waals surface area contributed by atoms with Gasteiger partial charge in [0.25, 0.3) is 0 Å². The van der Waals surface area contributed by atoms with E-state index in [1.54, 1.807) is 9.80 Å². The second-order valence-electron chi connectivity index (χ2n) is 6.74. The summed E-state index contributed by atoms with van der Waals surface area (Å²) in [5.41, 5.74) is 9.59. The van der Waals surface area contributed by atoms with Crippen LogP contribution >= 0.6 is 0 Å². The number of cyclic esters (lactones) is 1. The molecule has 25 heavy (non-hydrogen) atoms. The van der Waals surface area contributed by atoms with Crippen LogP contribution in [0.1, 0.15) is 35.4 Å². The summed E-state index contributed by atoms with van der Waals surface area (Å²) in [6.45, 7) is 5.51. The van der Waals surface area contributed by atoms with Crippen molar-refractivity contribution in [2.24, 2.45) is 5.73 Å². The number of carbonyl (C=O) groups is 2. The molecule has 6 nitrogen and oxygen atoms in total. The quantitative estimate of drug-likeness (QED) is 0.758. The number of piperidine rings is 1. The number of nitrogens with two attached hydrogens (primary N) is 1. The number of rotatable bonds is 3. The van der Waals surface area contributed by atoms with Crippen molar-refractivity contribution in [2.45, 2.75) is 38.7 Å². The molecule has 130 valence electrons. The molecule has 2 amide bonds. The zero-order chi connectivity index (χ0) is 17.4. The van der Waals surface area contributed by atoms with Crippen molar-refractivity contribution in [3.8, 4) is 0 Å². The first-order valence-corrected chi connectivity index (χ1v) is 8.36. The average molecular weight is 419 g/mol. The van der Waals surface area contributed by atoms with Crippen LogP contribution in [0.3, 0.4) is 0 Å². The third-order valence-electron chi connectivity index (χ3n) is 4.95.